The Bertz CT molecular complexity index is 1970. The number of rotatable bonds is 13. The summed E-state index contributed by atoms with van der Waals surface area (Å²) in [7, 11) is 3.02. The number of likely N-dealkylation sites (tertiary alicyclic amines) is 2. The summed E-state index contributed by atoms with van der Waals surface area (Å²) in [5.74, 6) is -1.64. The largest absolute Gasteiger partial charge is 0.496 e. The molecule has 2 aliphatic rings. The number of carboxylic acids is 2. The fourth-order valence-corrected chi connectivity index (χ4v) is 7.65. The molecule has 4 heterocycles. The lowest BCUT2D eigenvalue weighted by molar-refractivity contribution is -0.145. The molecule has 4 N–H and O–H groups in total. The van der Waals surface area contributed by atoms with E-state index in [1.165, 1.54) is 14.2 Å². The number of carboxylic acid groups (broad SMARTS) is 2. The molecule has 0 bridgehead atoms. The van der Waals surface area contributed by atoms with Crippen LogP contribution in [0.5, 0.6) is 11.5 Å². The van der Waals surface area contributed by atoms with Crippen molar-refractivity contribution in [1.29, 1.82) is 0 Å². The lowest BCUT2D eigenvalue weighted by atomic mass is 9.94. The maximum absolute atomic E-state index is 13.5. The second-order valence-corrected chi connectivity index (χ2v) is 14.3. The average molecular weight is 765 g/mol. The zero-order chi connectivity index (χ0) is 39.9. The normalized spacial score (nSPS) is 17.5. The lowest BCUT2D eigenvalue weighted by Gasteiger charge is -2.33. The van der Waals surface area contributed by atoms with Gasteiger partial charge in [-0.05, 0) is 87.0 Å². The number of anilines is 2. The van der Waals surface area contributed by atoms with Gasteiger partial charge in [0.25, 0.3) is 11.8 Å². The van der Waals surface area contributed by atoms with Crippen molar-refractivity contribution in [3.8, 4) is 22.6 Å². The molecule has 0 spiro atoms. The number of carbonyl (C=O) groups excluding carboxylic acids is 2. The number of hydrogen-bond acceptors (Lipinski definition) is 10. The number of ether oxygens (including phenoxy) is 2. The van der Waals surface area contributed by atoms with E-state index in [-0.39, 0.29) is 11.4 Å². The Morgan fingerprint density at radius 2 is 1.09 bits per heavy atom. The van der Waals surface area contributed by atoms with Crippen LogP contribution in [-0.4, -0.2) is 93.1 Å². The number of aliphatic carboxylic acids is 2. The molecule has 14 nitrogen and oxygen atoms in total. The highest BCUT2D eigenvalue weighted by Gasteiger charge is 2.31. The van der Waals surface area contributed by atoms with Gasteiger partial charge < -0.3 is 30.3 Å². The van der Waals surface area contributed by atoms with E-state index in [1.807, 2.05) is 60.0 Å². The van der Waals surface area contributed by atoms with Crippen molar-refractivity contribution in [3.63, 3.8) is 0 Å². The van der Waals surface area contributed by atoms with Gasteiger partial charge in [0.2, 0.25) is 0 Å². The van der Waals surface area contributed by atoms with Gasteiger partial charge in [-0.15, -0.1) is 0 Å². The number of benzene rings is 2. The standard InChI is InChI=1S/C42H48N6O8/c1-25-29(11-9-13-31(25)45-39(49)33-19-37(55-3)27(21-43-33)23-47-17-7-5-15-35(47)41(51)52)30-12-10-14-32(26(30)2)46-40(50)34-20-38(56-4)28(22-44-34)24-48-18-8-6-16-36(48)42(53)54/h9-14,19-22,35-36H,5-8,15-18,23-24H2,1-4H3,(H,45,49)(H,46,50)(H,51,52)(H,53,54)/t35-,36-/m0/s1. The Hall–Kier alpha value is -5.86. The molecule has 2 saturated heterocycles. The van der Waals surface area contributed by atoms with E-state index in [0.29, 0.717) is 73.0 Å². The SMILES string of the molecule is COc1cc(C(=O)Nc2cccc(-c3cccc(NC(=O)c4cc(OC)c(CN5CCCC[C@H]5C(=O)O)cn4)c3C)c2C)ncc1CN1CCCC[C@H]1C(=O)O. The minimum absolute atomic E-state index is 0.152. The van der Waals surface area contributed by atoms with E-state index in [2.05, 4.69) is 20.6 Å². The van der Waals surface area contributed by atoms with E-state index in [0.717, 1.165) is 47.9 Å². The minimum atomic E-state index is -0.847. The van der Waals surface area contributed by atoms with Gasteiger partial charge in [0, 0.05) is 60.1 Å². The number of aromatic nitrogens is 2. The molecule has 0 saturated carbocycles. The average Bonchev–Trinajstić information content (AvgIpc) is 3.20. The van der Waals surface area contributed by atoms with E-state index in [1.54, 1.807) is 24.5 Å². The minimum Gasteiger partial charge on any atom is -0.496 e. The summed E-state index contributed by atoms with van der Waals surface area (Å²) < 4.78 is 11.2. The third-order valence-corrected chi connectivity index (χ3v) is 10.8. The third-order valence-electron chi connectivity index (χ3n) is 10.8. The molecule has 2 aromatic carbocycles. The molecule has 0 unspecified atom stereocenters. The van der Waals surface area contributed by atoms with Crippen molar-refractivity contribution < 1.29 is 38.9 Å². The molecule has 2 fully saturated rings. The molecular weight excluding hydrogens is 716 g/mol. The van der Waals surface area contributed by atoms with Crippen LogP contribution in [0.3, 0.4) is 0 Å². The molecule has 294 valence electrons. The van der Waals surface area contributed by atoms with Crippen LogP contribution in [0.4, 0.5) is 11.4 Å². The zero-order valence-corrected chi connectivity index (χ0v) is 32.1. The van der Waals surface area contributed by atoms with Gasteiger partial charge in [0.1, 0.15) is 35.0 Å². The van der Waals surface area contributed by atoms with Crippen LogP contribution in [0.25, 0.3) is 11.1 Å². The number of nitrogens with one attached hydrogen (secondary N) is 2. The van der Waals surface area contributed by atoms with Crippen LogP contribution in [0.2, 0.25) is 0 Å². The second kappa shape index (κ2) is 17.7. The Morgan fingerprint density at radius 3 is 1.46 bits per heavy atom. The monoisotopic (exact) mass is 764 g/mol. The van der Waals surface area contributed by atoms with Crippen LogP contribution in [0, 0.1) is 13.8 Å². The first-order valence-corrected chi connectivity index (χ1v) is 18.8. The maximum atomic E-state index is 13.5. The number of methoxy groups -OCH3 is 2. The van der Waals surface area contributed by atoms with Gasteiger partial charge in [-0.2, -0.15) is 0 Å². The first kappa shape index (κ1) is 39.8. The lowest BCUT2D eigenvalue weighted by Crippen LogP contribution is -2.44. The van der Waals surface area contributed by atoms with Gasteiger partial charge in [-0.1, -0.05) is 37.1 Å². The van der Waals surface area contributed by atoms with Crippen molar-refractivity contribution in [2.24, 2.45) is 0 Å². The summed E-state index contributed by atoms with van der Waals surface area (Å²) in [6.45, 7) is 5.83. The van der Waals surface area contributed by atoms with Gasteiger partial charge in [-0.3, -0.25) is 38.9 Å². The zero-order valence-electron chi connectivity index (χ0n) is 32.1. The second-order valence-electron chi connectivity index (χ2n) is 14.3. The Labute approximate surface area is 325 Å². The number of amides is 2. The first-order valence-electron chi connectivity index (χ1n) is 18.8. The summed E-state index contributed by atoms with van der Waals surface area (Å²) >= 11 is 0. The molecule has 14 heteroatoms. The predicted molar refractivity (Wildman–Crippen MR) is 210 cm³/mol. The maximum Gasteiger partial charge on any atom is 0.320 e. The number of hydrogen-bond donors (Lipinski definition) is 4. The van der Waals surface area contributed by atoms with Crippen LogP contribution in [-0.2, 0) is 22.7 Å². The molecule has 56 heavy (non-hydrogen) atoms. The molecule has 2 aromatic heterocycles. The molecular formula is C42H48N6O8. The molecule has 2 amide bonds. The van der Waals surface area contributed by atoms with E-state index >= 15 is 0 Å². The highest BCUT2D eigenvalue weighted by molar-refractivity contribution is 6.05. The van der Waals surface area contributed by atoms with Gasteiger partial charge in [0.15, 0.2) is 0 Å². The van der Waals surface area contributed by atoms with Crippen molar-refractivity contribution in [1.82, 2.24) is 19.8 Å². The summed E-state index contributed by atoms with van der Waals surface area (Å²) in [5, 5.41) is 25.3. The third kappa shape index (κ3) is 8.82. The van der Waals surface area contributed by atoms with Crippen molar-refractivity contribution in [2.75, 3.05) is 37.9 Å². The highest BCUT2D eigenvalue weighted by Crippen LogP contribution is 2.35. The van der Waals surface area contributed by atoms with Crippen molar-refractivity contribution >= 4 is 35.1 Å². The Balaban J connectivity index is 1.16. The van der Waals surface area contributed by atoms with Gasteiger partial charge in [0.05, 0.1) is 14.2 Å². The molecule has 6 rings (SSSR count). The van der Waals surface area contributed by atoms with Crippen LogP contribution < -0.4 is 20.1 Å². The molecule has 2 atom stereocenters. The van der Waals surface area contributed by atoms with Crippen LogP contribution in [0.1, 0.15) is 81.8 Å². The Morgan fingerprint density at radius 1 is 0.679 bits per heavy atom. The highest BCUT2D eigenvalue weighted by atomic mass is 16.5. The predicted octanol–water partition coefficient (Wildman–Crippen LogP) is 6.16. The molecule has 4 aromatic rings. The summed E-state index contributed by atoms with van der Waals surface area (Å²) in [6, 6.07) is 13.2. The van der Waals surface area contributed by atoms with Gasteiger partial charge in [-0.25, -0.2) is 0 Å². The quantitative estimate of drug-likeness (QED) is 0.122. The Kier molecular flexibility index (Phi) is 12.6. The molecule has 0 aliphatic carbocycles. The van der Waals surface area contributed by atoms with E-state index in [9.17, 15) is 29.4 Å². The van der Waals surface area contributed by atoms with E-state index < -0.39 is 35.8 Å². The summed E-state index contributed by atoms with van der Waals surface area (Å²) in [4.78, 5) is 63.3. The number of nitrogens with zero attached hydrogens (tertiary/aromatic N) is 4. The van der Waals surface area contributed by atoms with Gasteiger partial charge >= 0.3 is 11.9 Å². The molecule has 0 radical (unpaired) electrons. The number of piperidine rings is 2. The summed E-state index contributed by atoms with van der Waals surface area (Å²) in [5.41, 5.74) is 6.20. The fourth-order valence-electron chi connectivity index (χ4n) is 7.65. The smallest absolute Gasteiger partial charge is 0.320 e. The van der Waals surface area contributed by atoms with Crippen LogP contribution >= 0.6 is 0 Å². The van der Waals surface area contributed by atoms with Crippen LogP contribution in [0.15, 0.2) is 60.9 Å². The van der Waals surface area contributed by atoms with Crippen molar-refractivity contribution in [2.45, 2.75) is 77.5 Å². The van der Waals surface area contributed by atoms with Crippen molar-refractivity contribution in [3.05, 3.63) is 94.6 Å². The molecule has 2 aliphatic heterocycles. The number of carbonyl (C=O) groups is 4. The first-order chi connectivity index (χ1) is 27.0. The van der Waals surface area contributed by atoms with E-state index in [4.69, 9.17) is 9.47 Å². The fraction of sp³-hybridized carbons (Fsp3) is 0.381. The summed E-state index contributed by atoms with van der Waals surface area (Å²) in [6.07, 6.45) is 7.88. The topological polar surface area (TPSA) is 184 Å². The number of pyridine rings is 2.